The Morgan fingerprint density at radius 2 is 1.64 bits per heavy atom. The molecule has 0 heterocycles. The number of hydrogen-bond donors (Lipinski definition) is 2. The zero-order chi connectivity index (χ0) is 8.53. The minimum Gasteiger partial charge on any atom is -0.352 e. The van der Waals surface area contributed by atoms with E-state index in [0.29, 0.717) is 0 Å². The second kappa shape index (κ2) is 7.42. The molecule has 1 rings (SSSR count). The summed E-state index contributed by atoms with van der Waals surface area (Å²) < 4.78 is 0. The summed E-state index contributed by atoms with van der Waals surface area (Å²) in [7, 11) is -0.917. The van der Waals surface area contributed by atoms with Crippen molar-refractivity contribution in [2.24, 2.45) is 0 Å². The van der Waals surface area contributed by atoms with Crippen LogP contribution in [0.25, 0.3) is 6.08 Å². The van der Waals surface area contributed by atoms with Crippen molar-refractivity contribution in [3.63, 3.8) is 0 Å². The summed E-state index contributed by atoms with van der Waals surface area (Å²) in [5.41, 5.74) is 1.17. The highest BCUT2D eigenvalue weighted by molar-refractivity contribution is 7.23. The highest BCUT2D eigenvalue weighted by Gasteiger charge is 1.75. The van der Waals surface area contributed by atoms with E-state index in [-0.39, 0.29) is 0 Å². The number of hydrogen-bond acceptors (Lipinski definition) is 2. The van der Waals surface area contributed by atoms with E-state index < -0.39 is 9.03 Å². The Hall–Kier alpha value is -0.690. The molecule has 1 aromatic carbocycles. The maximum absolute atomic E-state index is 7.15. The van der Waals surface area contributed by atoms with E-state index in [2.05, 4.69) is 6.58 Å². The van der Waals surface area contributed by atoms with Crippen LogP contribution in [0.1, 0.15) is 5.56 Å². The summed E-state index contributed by atoms with van der Waals surface area (Å²) in [6.07, 6.45) is 1.83. The van der Waals surface area contributed by atoms with Gasteiger partial charge in [-0.3, -0.25) is 0 Å². The van der Waals surface area contributed by atoms with E-state index in [4.69, 9.17) is 9.79 Å². The molecule has 60 valence electrons. The van der Waals surface area contributed by atoms with Gasteiger partial charge in [-0.1, -0.05) is 43.0 Å². The minimum atomic E-state index is -0.917. The zero-order valence-electron chi connectivity index (χ0n) is 6.07. The molecule has 1 aromatic rings. The first-order valence-electron chi connectivity index (χ1n) is 3.05. The maximum atomic E-state index is 7.15. The molecule has 2 nitrogen and oxygen atoms in total. The van der Waals surface area contributed by atoms with E-state index in [1.165, 1.54) is 5.56 Å². The molecule has 0 aromatic heterocycles. The van der Waals surface area contributed by atoms with Crippen molar-refractivity contribution in [1.82, 2.24) is 0 Å². The monoisotopic (exact) mass is 170 g/mol. The molecule has 0 spiro atoms. The summed E-state index contributed by atoms with van der Waals surface area (Å²) in [6.45, 7) is 3.63. The number of rotatable bonds is 1. The quantitative estimate of drug-likeness (QED) is 0.631. The fraction of sp³-hybridized carbons (Fsp3) is 0. The number of benzene rings is 1. The van der Waals surface area contributed by atoms with E-state index >= 15 is 0 Å². The lowest BCUT2D eigenvalue weighted by atomic mass is 10.2. The van der Waals surface area contributed by atoms with Gasteiger partial charge in [-0.2, -0.15) is 0 Å². The van der Waals surface area contributed by atoms with Crippen LogP contribution in [0.2, 0.25) is 0 Å². The third-order valence-electron chi connectivity index (χ3n) is 1.04. The van der Waals surface area contributed by atoms with Crippen LogP contribution in [0.3, 0.4) is 0 Å². The summed E-state index contributed by atoms with van der Waals surface area (Å²) in [5, 5.41) is 0. The molecule has 0 saturated heterocycles. The fourth-order valence-electron chi connectivity index (χ4n) is 0.589. The molecule has 2 N–H and O–H groups in total. The van der Waals surface area contributed by atoms with Gasteiger partial charge in [0.15, 0.2) is 0 Å². The Balaban J connectivity index is 0.000000292. The Morgan fingerprint density at radius 1 is 1.18 bits per heavy atom. The van der Waals surface area contributed by atoms with Gasteiger partial charge < -0.3 is 9.79 Å². The van der Waals surface area contributed by atoms with Gasteiger partial charge >= 0.3 is 0 Å². The highest BCUT2D eigenvalue weighted by Crippen LogP contribution is 1.97. The predicted molar refractivity (Wildman–Crippen MR) is 49.3 cm³/mol. The van der Waals surface area contributed by atoms with Crippen molar-refractivity contribution < 1.29 is 9.79 Å². The Labute approximate surface area is 68.2 Å². The zero-order valence-corrected chi connectivity index (χ0v) is 7.07. The van der Waals surface area contributed by atoms with Gasteiger partial charge in [0, 0.05) is 0 Å². The molecule has 0 unspecified atom stereocenters. The van der Waals surface area contributed by atoms with Gasteiger partial charge in [-0.15, -0.1) is 0 Å². The van der Waals surface area contributed by atoms with Crippen LogP contribution in [0, 0.1) is 0 Å². The molecule has 0 aliphatic carbocycles. The van der Waals surface area contributed by atoms with Gasteiger partial charge in [-0.25, -0.2) is 0 Å². The van der Waals surface area contributed by atoms with Crippen LogP contribution in [0.5, 0.6) is 0 Å². The van der Waals surface area contributed by atoms with Crippen LogP contribution in [0.4, 0.5) is 0 Å². The Morgan fingerprint density at radius 3 is 1.91 bits per heavy atom. The lowest BCUT2D eigenvalue weighted by Gasteiger charge is -1.85. The van der Waals surface area contributed by atoms with Crippen molar-refractivity contribution in [3.05, 3.63) is 42.5 Å². The van der Waals surface area contributed by atoms with Gasteiger partial charge in [0.25, 0.3) is 0 Å². The first-order chi connectivity index (χ1) is 5.35. The van der Waals surface area contributed by atoms with Crippen molar-refractivity contribution >= 4 is 15.1 Å². The second-order valence-corrected chi connectivity index (χ2v) is 1.91. The van der Waals surface area contributed by atoms with Crippen LogP contribution >= 0.6 is 9.03 Å². The van der Waals surface area contributed by atoms with E-state index in [9.17, 15) is 0 Å². The first-order valence-corrected chi connectivity index (χ1v) is 3.95. The maximum Gasteiger partial charge on any atom is 0.149 e. The van der Waals surface area contributed by atoms with Crippen LogP contribution in [-0.2, 0) is 0 Å². The summed E-state index contributed by atoms with van der Waals surface area (Å²) in [6, 6.07) is 10.0. The Kier molecular flexibility index (Phi) is 6.95. The first kappa shape index (κ1) is 10.3. The average molecular weight is 170 g/mol. The Bertz CT molecular complexity index is 187. The van der Waals surface area contributed by atoms with Crippen molar-refractivity contribution in [2.45, 2.75) is 0 Å². The largest absolute Gasteiger partial charge is 0.352 e. The standard InChI is InChI=1S/C8H8.H3O2P/c1-2-8-6-4-3-5-7-8;1-3-2/h2-7H,1H2;1-3H. The van der Waals surface area contributed by atoms with Crippen molar-refractivity contribution in [3.8, 4) is 0 Å². The normalized spacial score (nSPS) is 7.82. The molecule has 0 atom stereocenters. The summed E-state index contributed by atoms with van der Waals surface area (Å²) in [5.74, 6) is 0. The van der Waals surface area contributed by atoms with E-state index in [1.54, 1.807) is 0 Å². The van der Waals surface area contributed by atoms with E-state index in [1.807, 2.05) is 36.4 Å². The lowest BCUT2D eigenvalue weighted by molar-refractivity contribution is 0.513. The second-order valence-electron chi connectivity index (χ2n) is 1.71. The van der Waals surface area contributed by atoms with Gasteiger partial charge in [0.1, 0.15) is 9.03 Å². The minimum absolute atomic E-state index is 0.917. The molecule has 3 heteroatoms. The van der Waals surface area contributed by atoms with Crippen molar-refractivity contribution in [1.29, 1.82) is 0 Å². The van der Waals surface area contributed by atoms with E-state index in [0.717, 1.165) is 0 Å². The SMILES string of the molecule is C=Cc1ccccc1.OPO. The predicted octanol–water partition coefficient (Wildman–Crippen LogP) is 1.81. The summed E-state index contributed by atoms with van der Waals surface area (Å²) in [4.78, 5) is 14.3. The smallest absolute Gasteiger partial charge is 0.149 e. The summed E-state index contributed by atoms with van der Waals surface area (Å²) >= 11 is 0. The van der Waals surface area contributed by atoms with Crippen LogP contribution in [-0.4, -0.2) is 9.79 Å². The van der Waals surface area contributed by atoms with Gasteiger partial charge in [-0.05, 0) is 5.56 Å². The molecule has 11 heavy (non-hydrogen) atoms. The third-order valence-corrected chi connectivity index (χ3v) is 1.04. The van der Waals surface area contributed by atoms with Crippen LogP contribution in [0.15, 0.2) is 36.9 Å². The van der Waals surface area contributed by atoms with Crippen molar-refractivity contribution in [2.75, 3.05) is 0 Å². The van der Waals surface area contributed by atoms with Gasteiger partial charge in [0.05, 0.1) is 0 Å². The molecule has 0 amide bonds. The third kappa shape index (κ3) is 5.74. The van der Waals surface area contributed by atoms with Crippen LogP contribution < -0.4 is 0 Å². The molecule has 0 fully saturated rings. The van der Waals surface area contributed by atoms with Gasteiger partial charge in [0.2, 0.25) is 0 Å². The highest BCUT2D eigenvalue weighted by atomic mass is 31.1. The lowest BCUT2D eigenvalue weighted by Crippen LogP contribution is -1.63. The average Bonchev–Trinajstić information content (AvgIpc) is 2.08. The topological polar surface area (TPSA) is 40.5 Å². The molecule has 0 radical (unpaired) electrons. The molecule has 0 bridgehead atoms. The fourth-order valence-corrected chi connectivity index (χ4v) is 0.589. The molecular formula is C8H11O2P. The molecular weight excluding hydrogens is 159 g/mol. The molecule has 0 aliphatic rings. The molecule has 0 aliphatic heterocycles. The molecule has 0 saturated carbocycles.